The van der Waals surface area contributed by atoms with Gasteiger partial charge in [0.15, 0.2) is 0 Å². The molecule has 0 unspecified atom stereocenters. The Bertz CT molecular complexity index is 733. The van der Waals surface area contributed by atoms with E-state index >= 15 is 0 Å². The molecule has 1 N–H and O–H groups in total. The maximum Gasteiger partial charge on any atom is 0.253 e. The normalized spacial score (nSPS) is 14.9. The van der Waals surface area contributed by atoms with Crippen LogP contribution in [0.2, 0.25) is 0 Å². The molecule has 1 fully saturated rings. The van der Waals surface area contributed by atoms with Gasteiger partial charge in [-0.1, -0.05) is 12.1 Å². The van der Waals surface area contributed by atoms with Gasteiger partial charge in [0.2, 0.25) is 0 Å². The molecule has 0 radical (unpaired) electrons. The molecule has 6 heteroatoms. The highest BCUT2D eigenvalue weighted by Gasteiger charge is 2.23. The Balaban J connectivity index is 1.57. The van der Waals surface area contributed by atoms with Crippen molar-refractivity contribution in [2.45, 2.75) is 25.3 Å². The number of amides is 1. The molecule has 122 valence electrons. The number of likely N-dealkylation sites (tertiary alicyclic amines) is 1. The molecule has 1 aliphatic rings. The number of benzene rings is 1. The zero-order valence-electron chi connectivity index (χ0n) is 13.4. The quantitative estimate of drug-likeness (QED) is 0.934. The number of carbonyl (C=O) groups is 1. The molecule has 1 saturated heterocycles. The first-order valence-corrected chi connectivity index (χ1v) is 8.05. The Hall–Kier alpha value is -2.94. The minimum Gasteiger partial charge on any atom is -0.366 e. The SMILES string of the molecule is N#CCc1cccc(C(=O)N2CCC(Nc3cccnn3)CC2)c1. The highest BCUT2D eigenvalue weighted by Crippen LogP contribution is 2.17. The Morgan fingerprint density at radius 1 is 1.29 bits per heavy atom. The summed E-state index contributed by atoms with van der Waals surface area (Å²) in [5.74, 6) is 0.805. The summed E-state index contributed by atoms with van der Waals surface area (Å²) < 4.78 is 0. The molecule has 2 heterocycles. The zero-order chi connectivity index (χ0) is 16.8. The number of aromatic nitrogens is 2. The minimum absolute atomic E-state index is 0.0349. The second-order valence-electron chi connectivity index (χ2n) is 5.85. The fourth-order valence-electron chi connectivity index (χ4n) is 2.90. The summed E-state index contributed by atoms with van der Waals surface area (Å²) in [6.45, 7) is 1.42. The number of piperidine rings is 1. The van der Waals surface area contributed by atoms with E-state index in [9.17, 15) is 4.79 Å². The first-order chi connectivity index (χ1) is 11.8. The van der Waals surface area contributed by atoms with Gasteiger partial charge in [-0.15, -0.1) is 5.10 Å². The standard InChI is InChI=1S/C18H19N5O/c19-9-6-14-3-1-4-15(13-14)18(24)23-11-7-16(8-12-23)21-17-5-2-10-20-22-17/h1-5,10,13,16H,6-8,11-12H2,(H,21,22). The molecule has 0 atom stereocenters. The lowest BCUT2D eigenvalue weighted by Crippen LogP contribution is -2.42. The lowest BCUT2D eigenvalue weighted by atomic mass is 10.0. The van der Waals surface area contributed by atoms with Gasteiger partial charge in [0.05, 0.1) is 12.5 Å². The van der Waals surface area contributed by atoms with E-state index in [1.165, 1.54) is 0 Å². The first kappa shape index (κ1) is 15.9. The number of nitrogens with zero attached hydrogens (tertiary/aromatic N) is 4. The van der Waals surface area contributed by atoms with Crippen LogP contribution >= 0.6 is 0 Å². The fraction of sp³-hybridized carbons (Fsp3) is 0.333. The fourth-order valence-corrected chi connectivity index (χ4v) is 2.90. The molecular weight excluding hydrogens is 302 g/mol. The van der Waals surface area contributed by atoms with Crippen LogP contribution in [0, 0.1) is 11.3 Å². The van der Waals surface area contributed by atoms with E-state index in [1.54, 1.807) is 6.20 Å². The van der Waals surface area contributed by atoms with Crippen molar-refractivity contribution in [2.24, 2.45) is 0 Å². The van der Waals surface area contributed by atoms with Crippen LogP contribution in [0.5, 0.6) is 0 Å². The van der Waals surface area contributed by atoms with Gasteiger partial charge in [0.25, 0.3) is 5.91 Å². The summed E-state index contributed by atoms with van der Waals surface area (Å²) in [7, 11) is 0. The van der Waals surface area contributed by atoms with Crippen molar-refractivity contribution in [3.8, 4) is 6.07 Å². The van der Waals surface area contributed by atoms with Crippen LogP contribution in [0.3, 0.4) is 0 Å². The zero-order valence-corrected chi connectivity index (χ0v) is 13.4. The molecule has 1 aromatic heterocycles. The molecular formula is C18H19N5O. The molecule has 0 saturated carbocycles. The summed E-state index contributed by atoms with van der Waals surface area (Å²) in [5.41, 5.74) is 1.53. The highest BCUT2D eigenvalue weighted by molar-refractivity contribution is 5.94. The molecule has 2 aromatic rings. The van der Waals surface area contributed by atoms with Gasteiger partial charge in [0.1, 0.15) is 5.82 Å². The van der Waals surface area contributed by atoms with E-state index in [1.807, 2.05) is 41.3 Å². The largest absolute Gasteiger partial charge is 0.366 e. The second-order valence-corrected chi connectivity index (χ2v) is 5.85. The van der Waals surface area contributed by atoms with E-state index in [0.717, 1.165) is 24.2 Å². The Kier molecular flexibility index (Phi) is 5.02. The van der Waals surface area contributed by atoms with Gasteiger partial charge in [-0.2, -0.15) is 10.4 Å². The number of nitrogens with one attached hydrogen (secondary N) is 1. The predicted octanol–water partition coefficient (Wildman–Crippen LogP) is 2.26. The maximum absolute atomic E-state index is 12.6. The molecule has 1 aliphatic heterocycles. The highest BCUT2D eigenvalue weighted by atomic mass is 16.2. The van der Waals surface area contributed by atoms with Crippen molar-refractivity contribution >= 4 is 11.7 Å². The topological polar surface area (TPSA) is 81.9 Å². The van der Waals surface area contributed by atoms with Crippen molar-refractivity contribution in [3.63, 3.8) is 0 Å². The lowest BCUT2D eigenvalue weighted by Gasteiger charge is -2.32. The van der Waals surface area contributed by atoms with Gasteiger partial charge in [0, 0.05) is 30.9 Å². The third kappa shape index (κ3) is 3.87. The number of hydrogen-bond donors (Lipinski definition) is 1. The van der Waals surface area contributed by atoms with E-state index in [2.05, 4.69) is 21.6 Å². The average Bonchev–Trinajstić information content (AvgIpc) is 2.63. The van der Waals surface area contributed by atoms with Crippen LogP contribution in [0.25, 0.3) is 0 Å². The van der Waals surface area contributed by atoms with Crippen molar-refractivity contribution in [3.05, 3.63) is 53.7 Å². The van der Waals surface area contributed by atoms with E-state index in [4.69, 9.17) is 5.26 Å². The molecule has 0 aliphatic carbocycles. The number of hydrogen-bond acceptors (Lipinski definition) is 5. The van der Waals surface area contributed by atoms with E-state index in [-0.39, 0.29) is 5.91 Å². The number of carbonyl (C=O) groups excluding carboxylic acids is 1. The van der Waals surface area contributed by atoms with Crippen molar-refractivity contribution in [1.82, 2.24) is 15.1 Å². The van der Waals surface area contributed by atoms with Crippen molar-refractivity contribution in [1.29, 1.82) is 5.26 Å². The van der Waals surface area contributed by atoms with Crippen LogP contribution in [-0.4, -0.2) is 40.1 Å². The summed E-state index contributed by atoms with van der Waals surface area (Å²) in [6.07, 6.45) is 3.72. The van der Waals surface area contributed by atoms with Crippen molar-refractivity contribution < 1.29 is 4.79 Å². The summed E-state index contributed by atoms with van der Waals surface area (Å²) >= 11 is 0. The molecule has 0 spiro atoms. The second kappa shape index (κ2) is 7.55. The molecule has 3 rings (SSSR count). The van der Waals surface area contributed by atoms with Crippen molar-refractivity contribution in [2.75, 3.05) is 18.4 Å². The van der Waals surface area contributed by atoms with Crippen LogP contribution < -0.4 is 5.32 Å². The Morgan fingerprint density at radius 3 is 2.83 bits per heavy atom. The Morgan fingerprint density at radius 2 is 2.12 bits per heavy atom. The monoisotopic (exact) mass is 321 g/mol. The molecule has 24 heavy (non-hydrogen) atoms. The van der Waals surface area contributed by atoms with Gasteiger partial charge < -0.3 is 10.2 Å². The van der Waals surface area contributed by atoms with E-state index < -0.39 is 0 Å². The molecule has 0 bridgehead atoms. The van der Waals surface area contributed by atoms with Gasteiger partial charge in [-0.3, -0.25) is 4.79 Å². The van der Waals surface area contributed by atoms with Crippen LogP contribution in [-0.2, 0) is 6.42 Å². The Labute approximate surface area is 141 Å². The third-order valence-corrected chi connectivity index (χ3v) is 4.16. The number of rotatable bonds is 4. The minimum atomic E-state index is 0.0349. The average molecular weight is 321 g/mol. The first-order valence-electron chi connectivity index (χ1n) is 8.05. The summed E-state index contributed by atoms with van der Waals surface area (Å²) in [5, 5.41) is 20.0. The third-order valence-electron chi connectivity index (χ3n) is 4.16. The van der Waals surface area contributed by atoms with Gasteiger partial charge >= 0.3 is 0 Å². The number of nitriles is 1. The predicted molar refractivity (Wildman–Crippen MR) is 90.3 cm³/mol. The number of anilines is 1. The molecule has 1 amide bonds. The van der Waals surface area contributed by atoms with Gasteiger partial charge in [-0.05, 0) is 42.7 Å². The summed E-state index contributed by atoms with van der Waals surface area (Å²) in [4.78, 5) is 14.5. The van der Waals surface area contributed by atoms with Crippen LogP contribution in [0.4, 0.5) is 5.82 Å². The summed E-state index contributed by atoms with van der Waals surface area (Å²) in [6, 6.07) is 13.5. The molecule has 1 aromatic carbocycles. The maximum atomic E-state index is 12.6. The lowest BCUT2D eigenvalue weighted by molar-refractivity contribution is 0.0718. The van der Waals surface area contributed by atoms with Crippen LogP contribution in [0.1, 0.15) is 28.8 Å². The smallest absolute Gasteiger partial charge is 0.253 e. The van der Waals surface area contributed by atoms with Crippen LogP contribution in [0.15, 0.2) is 42.6 Å². The van der Waals surface area contributed by atoms with E-state index in [0.29, 0.717) is 31.1 Å². The van der Waals surface area contributed by atoms with Gasteiger partial charge in [-0.25, -0.2) is 0 Å². The molecule has 6 nitrogen and oxygen atoms in total.